The lowest BCUT2D eigenvalue weighted by Gasteiger charge is -2.29. The van der Waals surface area contributed by atoms with Crippen LogP contribution >= 0.6 is 0 Å². The van der Waals surface area contributed by atoms with Crippen LogP contribution in [-0.4, -0.2) is 48.8 Å². The summed E-state index contributed by atoms with van der Waals surface area (Å²) in [6, 6.07) is 12.2. The number of hydrogen-bond acceptors (Lipinski definition) is 7. The molecule has 0 saturated carbocycles. The normalized spacial score (nSPS) is 18.3. The number of carbonyl (C=O) groups is 3. The predicted molar refractivity (Wildman–Crippen MR) is 110 cm³/mol. The van der Waals surface area contributed by atoms with Gasteiger partial charge in [0, 0.05) is 18.5 Å². The van der Waals surface area contributed by atoms with E-state index in [0.717, 1.165) is 16.6 Å². The number of rotatable bonds is 3. The van der Waals surface area contributed by atoms with E-state index >= 15 is 0 Å². The van der Waals surface area contributed by atoms with Gasteiger partial charge in [-0.3, -0.25) is 19.7 Å². The van der Waals surface area contributed by atoms with Gasteiger partial charge in [-0.05, 0) is 42.3 Å². The summed E-state index contributed by atoms with van der Waals surface area (Å²) in [5.74, 6) is -0.947. The van der Waals surface area contributed by atoms with Crippen molar-refractivity contribution in [1.29, 1.82) is 0 Å². The Kier molecular flexibility index (Phi) is 3.94. The van der Waals surface area contributed by atoms with E-state index in [0.29, 0.717) is 35.5 Å². The van der Waals surface area contributed by atoms with E-state index in [1.165, 1.54) is 4.90 Å². The molecule has 0 aliphatic carbocycles. The molecule has 0 radical (unpaired) electrons. The van der Waals surface area contributed by atoms with Gasteiger partial charge in [0.05, 0.1) is 17.3 Å². The first-order valence-corrected chi connectivity index (χ1v) is 10.1. The van der Waals surface area contributed by atoms with E-state index in [4.69, 9.17) is 4.52 Å². The van der Waals surface area contributed by atoms with Crippen LogP contribution in [0.4, 0.5) is 0 Å². The highest BCUT2D eigenvalue weighted by Gasteiger charge is 2.39. The molecule has 0 bridgehead atoms. The average Bonchev–Trinajstić information content (AvgIpc) is 3.51. The fourth-order valence-electron chi connectivity index (χ4n) is 4.27. The van der Waals surface area contributed by atoms with Crippen LogP contribution < -0.4 is 5.32 Å². The zero-order valence-electron chi connectivity index (χ0n) is 16.7. The van der Waals surface area contributed by atoms with Gasteiger partial charge in [0.1, 0.15) is 17.4 Å². The molecule has 4 heterocycles. The number of carbonyl (C=O) groups excluding carboxylic acids is 3. The fourth-order valence-corrected chi connectivity index (χ4v) is 4.27. The summed E-state index contributed by atoms with van der Waals surface area (Å²) in [7, 11) is 0. The number of para-hydroxylation sites is 1. The zero-order chi connectivity index (χ0) is 21.8. The summed E-state index contributed by atoms with van der Waals surface area (Å²) in [6.07, 6.45) is 2.30. The smallest absolute Gasteiger partial charge is 0.255 e. The molecular weight excluding hydrogens is 412 g/mol. The fraction of sp³-hybridized carbons (Fsp3) is 0.182. The van der Waals surface area contributed by atoms with Gasteiger partial charge in [-0.15, -0.1) is 5.10 Å². The van der Waals surface area contributed by atoms with Crippen molar-refractivity contribution in [3.05, 3.63) is 59.8 Å². The van der Waals surface area contributed by atoms with Gasteiger partial charge < -0.3 is 9.42 Å². The predicted octanol–water partition coefficient (Wildman–Crippen LogP) is 1.84. The first kappa shape index (κ1) is 18.4. The molecule has 1 unspecified atom stereocenters. The lowest BCUT2D eigenvalue weighted by Crippen LogP contribution is -2.52. The maximum Gasteiger partial charge on any atom is 0.255 e. The third-order valence-corrected chi connectivity index (χ3v) is 5.89. The quantitative estimate of drug-likeness (QED) is 0.494. The molecule has 2 aliphatic rings. The van der Waals surface area contributed by atoms with Crippen molar-refractivity contribution < 1.29 is 18.9 Å². The van der Waals surface area contributed by atoms with Crippen molar-refractivity contribution in [2.75, 3.05) is 0 Å². The maximum atomic E-state index is 12.9. The summed E-state index contributed by atoms with van der Waals surface area (Å²) in [5, 5.41) is 15.7. The van der Waals surface area contributed by atoms with Crippen LogP contribution in [0.5, 0.6) is 0 Å². The molecule has 1 atom stereocenters. The minimum absolute atomic E-state index is 0.214. The second kappa shape index (κ2) is 6.84. The number of hydrogen-bond donors (Lipinski definition) is 1. The molecule has 2 aromatic heterocycles. The van der Waals surface area contributed by atoms with Crippen LogP contribution in [0.25, 0.3) is 28.0 Å². The Hall–Kier alpha value is -4.34. The molecular formula is C22H16N6O4. The van der Waals surface area contributed by atoms with Crippen molar-refractivity contribution >= 4 is 28.7 Å². The van der Waals surface area contributed by atoms with E-state index in [1.807, 2.05) is 30.3 Å². The van der Waals surface area contributed by atoms with Crippen molar-refractivity contribution in [3.8, 4) is 17.1 Å². The van der Waals surface area contributed by atoms with Crippen molar-refractivity contribution in [1.82, 2.24) is 30.4 Å². The number of piperidine rings is 1. The van der Waals surface area contributed by atoms with Gasteiger partial charge in [-0.1, -0.05) is 22.5 Å². The molecule has 32 heavy (non-hydrogen) atoms. The summed E-state index contributed by atoms with van der Waals surface area (Å²) >= 11 is 0. The molecule has 10 nitrogen and oxygen atoms in total. The molecule has 3 amide bonds. The molecule has 6 rings (SSSR count). The number of nitrogens with one attached hydrogen (secondary N) is 1. The zero-order valence-corrected chi connectivity index (χ0v) is 16.7. The van der Waals surface area contributed by atoms with Crippen molar-refractivity contribution in [2.24, 2.45) is 0 Å². The van der Waals surface area contributed by atoms with Crippen LogP contribution in [0.15, 0.2) is 53.2 Å². The molecule has 1 fully saturated rings. The monoisotopic (exact) mass is 428 g/mol. The Morgan fingerprint density at radius 3 is 2.84 bits per heavy atom. The van der Waals surface area contributed by atoms with Crippen LogP contribution in [0.1, 0.15) is 28.8 Å². The SMILES string of the molecule is O=C1CCC(N2Cc3cc(-n4cc(-c5noc6ccccc56)nn4)ccc3C2=O)C(=O)N1. The number of imide groups is 1. The molecule has 4 aromatic rings. The molecule has 0 spiro atoms. The third-order valence-electron chi connectivity index (χ3n) is 5.89. The van der Waals surface area contributed by atoms with Gasteiger partial charge in [-0.25, -0.2) is 4.68 Å². The topological polar surface area (TPSA) is 123 Å². The maximum absolute atomic E-state index is 12.9. The summed E-state index contributed by atoms with van der Waals surface area (Å²) < 4.78 is 6.96. The van der Waals surface area contributed by atoms with Crippen LogP contribution in [-0.2, 0) is 16.1 Å². The Morgan fingerprint density at radius 1 is 1.09 bits per heavy atom. The minimum atomic E-state index is -0.644. The molecule has 1 N–H and O–H groups in total. The van der Waals surface area contributed by atoms with Gasteiger partial charge in [0.2, 0.25) is 11.8 Å². The minimum Gasteiger partial charge on any atom is -0.356 e. The Labute approximate surface area is 180 Å². The second-order valence-electron chi connectivity index (χ2n) is 7.82. The van der Waals surface area contributed by atoms with E-state index in [-0.39, 0.29) is 18.2 Å². The van der Waals surface area contributed by atoms with Crippen LogP contribution in [0.2, 0.25) is 0 Å². The first-order chi connectivity index (χ1) is 15.6. The summed E-state index contributed by atoms with van der Waals surface area (Å²) in [6.45, 7) is 0.295. The molecule has 2 aliphatic heterocycles. The number of benzene rings is 2. The number of fused-ring (bicyclic) bond motifs is 2. The lowest BCUT2D eigenvalue weighted by atomic mass is 10.0. The van der Waals surface area contributed by atoms with Gasteiger partial charge in [-0.2, -0.15) is 0 Å². The largest absolute Gasteiger partial charge is 0.356 e. The Balaban J connectivity index is 1.29. The van der Waals surface area contributed by atoms with E-state index in [1.54, 1.807) is 23.0 Å². The molecule has 2 aromatic carbocycles. The van der Waals surface area contributed by atoms with Crippen LogP contribution in [0.3, 0.4) is 0 Å². The summed E-state index contributed by atoms with van der Waals surface area (Å²) in [4.78, 5) is 38.0. The second-order valence-corrected chi connectivity index (χ2v) is 7.82. The number of aromatic nitrogens is 4. The van der Waals surface area contributed by atoms with Gasteiger partial charge in [0.15, 0.2) is 5.58 Å². The molecule has 10 heteroatoms. The van der Waals surface area contributed by atoms with Crippen LogP contribution in [0, 0.1) is 0 Å². The Morgan fingerprint density at radius 2 is 1.97 bits per heavy atom. The third kappa shape index (κ3) is 2.80. The highest BCUT2D eigenvalue weighted by Crippen LogP contribution is 2.30. The summed E-state index contributed by atoms with van der Waals surface area (Å²) in [5.41, 5.74) is 3.90. The van der Waals surface area contributed by atoms with Crippen molar-refractivity contribution in [3.63, 3.8) is 0 Å². The molecule has 1 saturated heterocycles. The van der Waals surface area contributed by atoms with E-state index in [9.17, 15) is 14.4 Å². The standard InChI is InChI=1S/C22H16N6O4/c29-19-8-7-17(21(30)23-19)27-10-12-9-13(5-6-14(12)22(27)31)28-11-16(24-26-28)20-15-3-1-2-4-18(15)32-25-20/h1-6,9,11,17H,7-8,10H2,(H,23,29,30). The highest BCUT2D eigenvalue weighted by molar-refractivity contribution is 6.05. The average molecular weight is 428 g/mol. The number of nitrogens with zero attached hydrogens (tertiary/aromatic N) is 5. The molecule has 158 valence electrons. The van der Waals surface area contributed by atoms with Crippen molar-refractivity contribution in [2.45, 2.75) is 25.4 Å². The van der Waals surface area contributed by atoms with E-state index in [2.05, 4.69) is 20.8 Å². The highest BCUT2D eigenvalue weighted by atomic mass is 16.5. The van der Waals surface area contributed by atoms with Gasteiger partial charge >= 0.3 is 0 Å². The Bertz CT molecular complexity index is 1420. The lowest BCUT2D eigenvalue weighted by molar-refractivity contribution is -0.136. The van der Waals surface area contributed by atoms with Gasteiger partial charge in [0.25, 0.3) is 5.91 Å². The first-order valence-electron chi connectivity index (χ1n) is 10.1. The number of amides is 3. The van der Waals surface area contributed by atoms with E-state index < -0.39 is 11.9 Å².